The van der Waals surface area contributed by atoms with Crippen molar-refractivity contribution in [3.05, 3.63) is 89.3 Å². The summed E-state index contributed by atoms with van der Waals surface area (Å²) in [6.07, 6.45) is 5.05. The van der Waals surface area contributed by atoms with E-state index in [0.717, 1.165) is 35.5 Å². The van der Waals surface area contributed by atoms with Crippen LogP contribution in [0.15, 0.2) is 60.9 Å². The smallest absolute Gasteiger partial charge is 0.247 e. The van der Waals surface area contributed by atoms with Crippen LogP contribution in [0.2, 0.25) is 0 Å². The highest BCUT2D eigenvalue weighted by Crippen LogP contribution is 2.29. The van der Waals surface area contributed by atoms with Crippen LogP contribution >= 0.6 is 0 Å². The number of carbonyl (C=O) groups is 1. The second kappa shape index (κ2) is 9.96. The number of nitrogens with one attached hydrogen (secondary N) is 1. The van der Waals surface area contributed by atoms with Gasteiger partial charge < -0.3 is 10.2 Å². The summed E-state index contributed by atoms with van der Waals surface area (Å²) >= 11 is 0. The standard InChI is InChI=1S/C24H27FN4O/c1-17-14-21(11-12-22(17)25)29(13-7-10-20-16-27-18(2)15-28-20)23(24(30)26-3)19-8-5-4-6-9-19/h4-6,8-9,11-12,14-16,23H,7,10,13H2,1-3H3,(H,26,30). The predicted octanol–water partition coefficient (Wildman–Crippen LogP) is 4.16. The van der Waals surface area contributed by atoms with Crippen LogP contribution in [-0.4, -0.2) is 29.5 Å². The van der Waals surface area contributed by atoms with Crippen molar-refractivity contribution in [3.63, 3.8) is 0 Å². The van der Waals surface area contributed by atoms with Gasteiger partial charge in [-0.3, -0.25) is 14.8 Å². The minimum absolute atomic E-state index is 0.113. The van der Waals surface area contributed by atoms with Crippen molar-refractivity contribution in [2.45, 2.75) is 32.7 Å². The molecule has 156 valence electrons. The van der Waals surface area contributed by atoms with E-state index < -0.39 is 6.04 Å². The lowest BCUT2D eigenvalue weighted by Crippen LogP contribution is -2.40. The number of aryl methyl sites for hydroxylation is 3. The molecule has 1 unspecified atom stereocenters. The highest BCUT2D eigenvalue weighted by Gasteiger charge is 2.27. The van der Waals surface area contributed by atoms with Gasteiger partial charge in [-0.2, -0.15) is 0 Å². The van der Waals surface area contributed by atoms with E-state index in [0.29, 0.717) is 12.1 Å². The molecule has 1 N–H and O–H groups in total. The quantitative estimate of drug-likeness (QED) is 0.610. The lowest BCUT2D eigenvalue weighted by molar-refractivity contribution is -0.122. The summed E-state index contributed by atoms with van der Waals surface area (Å²) in [5.41, 5.74) is 4.03. The van der Waals surface area contributed by atoms with Gasteiger partial charge in [0.15, 0.2) is 0 Å². The monoisotopic (exact) mass is 406 g/mol. The fourth-order valence-corrected chi connectivity index (χ4v) is 3.44. The molecule has 6 heteroatoms. The third-order valence-corrected chi connectivity index (χ3v) is 5.06. The van der Waals surface area contributed by atoms with Gasteiger partial charge in [0, 0.05) is 31.7 Å². The van der Waals surface area contributed by atoms with Crippen LogP contribution in [0.1, 0.15) is 35.0 Å². The zero-order valence-electron chi connectivity index (χ0n) is 17.6. The van der Waals surface area contributed by atoms with Crippen molar-refractivity contribution in [3.8, 4) is 0 Å². The molecule has 1 aromatic heterocycles. The molecule has 0 spiro atoms. The van der Waals surface area contributed by atoms with Crippen molar-refractivity contribution in [2.75, 3.05) is 18.5 Å². The fraction of sp³-hybridized carbons (Fsp3) is 0.292. The summed E-state index contributed by atoms with van der Waals surface area (Å²) in [6, 6.07) is 14.1. The topological polar surface area (TPSA) is 58.1 Å². The third kappa shape index (κ3) is 5.20. The van der Waals surface area contributed by atoms with Gasteiger partial charge in [0.25, 0.3) is 0 Å². The van der Waals surface area contributed by atoms with Crippen LogP contribution in [0.25, 0.3) is 0 Å². The van der Waals surface area contributed by atoms with Crippen molar-refractivity contribution in [1.82, 2.24) is 15.3 Å². The number of benzene rings is 2. The maximum absolute atomic E-state index is 13.9. The zero-order chi connectivity index (χ0) is 21.5. The molecule has 0 aliphatic rings. The van der Waals surface area contributed by atoms with Crippen LogP contribution in [0.5, 0.6) is 0 Å². The molecule has 5 nitrogen and oxygen atoms in total. The Bertz CT molecular complexity index is 976. The Morgan fingerprint density at radius 2 is 1.87 bits per heavy atom. The highest BCUT2D eigenvalue weighted by atomic mass is 19.1. The molecule has 1 atom stereocenters. The molecule has 0 saturated carbocycles. The van der Waals surface area contributed by atoms with E-state index in [1.165, 1.54) is 6.07 Å². The van der Waals surface area contributed by atoms with Gasteiger partial charge in [-0.05, 0) is 56.0 Å². The molecule has 0 fully saturated rings. The molecular weight excluding hydrogens is 379 g/mol. The van der Waals surface area contributed by atoms with Crippen LogP contribution < -0.4 is 10.2 Å². The van der Waals surface area contributed by atoms with E-state index in [4.69, 9.17) is 0 Å². The van der Waals surface area contributed by atoms with Crippen LogP contribution in [0.3, 0.4) is 0 Å². The second-order valence-electron chi connectivity index (χ2n) is 7.31. The van der Waals surface area contributed by atoms with Gasteiger partial charge in [-0.25, -0.2) is 4.39 Å². The summed E-state index contributed by atoms with van der Waals surface area (Å²) in [5, 5.41) is 2.78. The Morgan fingerprint density at radius 3 is 2.50 bits per heavy atom. The summed E-state index contributed by atoms with van der Waals surface area (Å²) < 4.78 is 13.9. The van der Waals surface area contributed by atoms with Gasteiger partial charge in [0.05, 0.1) is 11.4 Å². The first-order valence-corrected chi connectivity index (χ1v) is 10.1. The Kier molecular flexibility index (Phi) is 7.12. The van der Waals surface area contributed by atoms with E-state index in [1.54, 1.807) is 38.5 Å². The van der Waals surface area contributed by atoms with E-state index in [-0.39, 0.29) is 11.7 Å². The van der Waals surface area contributed by atoms with Crippen molar-refractivity contribution < 1.29 is 9.18 Å². The zero-order valence-corrected chi connectivity index (χ0v) is 17.6. The number of nitrogens with zero attached hydrogens (tertiary/aromatic N) is 3. The Labute approximate surface area is 177 Å². The van der Waals surface area contributed by atoms with E-state index in [9.17, 15) is 9.18 Å². The molecular formula is C24H27FN4O. The third-order valence-electron chi connectivity index (χ3n) is 5.06. The number of hydrogen-bond donors (Lipinski definition) is 1. The minimum Gasteiger partial charge on any atom is -0.357 e. The molecule has 1 amide bonds. The maximum atomic E-state index is 13.9. The first-order chi connectivity index (χ1) is 14.5. The number of anilines is 1. The van der Waals surface area contributed by atoms with E-state index >= 15 is 0 Å². The number of carbonyl (C=O) groups excluding carboxylic acids is 1. The molecule has 2 aromatic carbocycles. The molecule has 0 aliphatic heterocycles. The summed E-state index contributed by atoms with van der Waals surface area (Å²) in [7, 11) is 1.63. The Hall–Kier alpha value is -3.28. The highest BCUT2D eigenvalue weighted by molar-refractivity contribution is 5.86. The SMILES string of the molecule is CNC(=O)C(c1ccccc1)N(CCCc1cnc(C)cn1)c1ccc(F)c(C)c1. The molecule has 0 radical (unpaired) electrons. The second-order valence-corrected chi connectivity index (χ2v) is 7.31. The summed E-state index contributed by atoms with van der Waals surface area (Å²) in [6.45, 7) is 4.24. The fourth-order valence-electron chi connectivity index (χ4n) is 3.44. The Morgan fingerprint density at radius 1 is 1.10 bits per heavy atom. The molecule has 0 bridgehead atoms. The molecule has 3 rings (SSSR count). The van der Waals surface area contributed by atoms with Crippen molar-refractivity contribution >= 4 is 11.6 Å². The number of likely N-dealkylation sites (N-methyl/N-ethyl adjacent to an activating group) is 1. The lowest BCUT2D eigenvalue weighted by atomic mass is 10.0. The van der Waals surface area contributed by atoms with Crippen LogP contribution in [-0.2, 0) is 11.2 Å². The maximum Gasteiger partial charge on any atom is 0.247 e. The largest absolute Gasteiger partial charge is 0.357 e. The number of amides is 1. The molecule has 3 aromatic rings. The summed E-state index contributed by atoms with van der Waals surface area (Å²) in [4.78, 5) is 23.6. The minimum atomic E-state index is -0.523. The van der Waals surface area contributed by atoms with E-state index in [2.05, 4.69) is 15.3 Å². The molecule has 1 heterocycles. The molecule has 30 heavy (non-hydrogen) atoms. The normalized spacial score (nSPS) is 11.7. The van der Waals surface area contributed by atoms with Crippen LogP contribution in [0, 0.1) is 19.7 Å². The van der Waals surface area contributed by atoms with Gasteiger partial charge in [0.1, 0.15) is 11.9 Å². The molecule has 0 saturated heterocycles. The van der Waals surface area contributed by atoms with Crippen LogP contribution in [0.4, 0.5) is 10.1 Å². The van der Waals surface area contributed by atoms with Gasteiger partial charge >= 0.3 is 0 Å². The van der Waals surface area contributed by atoms with Gasteiger partial charge in [0.2, 0.25) is 5.91 Å². The van der Waals surface area contributed by atoms with E-state index in [1.807, 2.05) is 42.2 Å². The Balaban J connectivity index is 1.91. The first-order valence-electron chi connectivity index (χ1n) is 10.1. The van der Waals surface area contributed by atoms with Gasteiger partial charge in [-0.1, -0.05) is 30.3 Å². The number of aromatic nitrogens is 2. The average Bonchev–Trinajstić information content (AvgIpc) is 2.76. The predicted molar refractivity (Wildman–Crippen MR) is 117 cm³/mol. The number of halogens is 1. The number of rotatable bonds is 8. The average molecular weight is 407 g/mol. The summed E-state index contributed by atoms with van der Waals surface area (Å²) in [5.74, 6) is -0.372. The van der Waals surface area contributed by atoms with Crippen molar-refractivity contribution in [2.24, 2.45) is 0 Å². The van der Waals surface area contributed by atoms with Gasteiger partial charge in [-0.15, -0.1) is 0 Å². The van der Waals surface area contributed by atoms with Crippen molar-refractivity contribution in [1.29, 1.82) is 0 Å². The molecule has 0 aliphatic carbocycles. The number of hydrogen-bond acceptors (Lipinski definition) is 4. The first kappa shape index (κ1) is 21.4. The lowest BCUT2D eigenvalue weighted by Gasteiger charge is -2.33.